The Morgan fingerprint density at radius 3 is 2.56 bits per heavy atom. The summed E-state index contributed by atoms with van der Waals surface area (Å²) >= 11 is 0. The number of rotatable bonds is 6. The van der Waals surface area contributed by atoms with Crippen molar-refractivity contribution in [3.05, 3.63) is 59.7 Å². The van der Waals surface area contributed by atoms with Crippen LogP contribution in [0.25, 0.3) is 0 Å². The molecule has 1 heterocycles. The predicted octanol–water partition coefficient (Wildman–Crippen LogP) is 4.00. The summed E-state index contributed by atoms with van der Waals surface area (Å²) in [5, 5.41) is 3.01. The fourth-order valence-electron chi connectivity index (χ4n) is 3.06. The van der Waals surface area contributed by atoms with E-state index in [9.17, 15) is 4.79 Å². The lowest BCUT2D eigenvalue weighted by Gasteiger charge is -2.26. The van der Waals surface area contributed by atoms with Gasteiger partial charge in [0.15, 0.2) is 0 Å². The zero-order valence-corrected chi connectivity index (χ0v) is 14.8. The van der Waals surface area contributed by atoms with Gasteiger partial charge in [-0.15, -0.1) is 0 Å². The summed E-state index contributed by atoms with van der Waals surface area (Å²) in [4.78, 5) is 14.8. The standard InChI is InChI=1S/C21H26N2O2/c1-17-8-10-19(11-9-17)25-20-7-5-6-18(16-20)21(24)22-12-15-23-13-3-2-4-14-23/h5-11,16H,2-4,12-15H2,1H3,(H,22,24). The number of ether oxygens (including phenoxy) is 1. The lowest BCUT2D eigenvalue weighted by atomic mass is 10.1. The summed E-state index contributed by atoms with van der Waals surface area (Å²) in [7, 11) is 0. The van der Waals surface area contributed by atoms with Gasteiger partial charge >= 0.3 is 0 Å². The molecule has 1 aliphatic heterocycles. The van der Waals surface area contributed by atoms with E-state index in [1.165, 1.54) is 24.8 Å². The maximum absolute atomic E-state index is 12.4. The van der Waals surface area contributed by atoms with Crippen molar-refractivity contribution in [2.75, 3.05) is 26.2 Å². The zero-order valence-electron chi connectivity index (χ0n) is 14.8. The van der Waals surface area contributed by atoms with Crippen molar-refractivity contribution in [1.82, 2.24) is 10.2 Å². The highest BCUT2D eigenvalue weighted by Gasteiger charge is 2.11. The van der Waals surface area contributed by atoms with Crippen molar-refractivity contribution < 1.29 is 9.53 Å². The van der Waals surface area contributed by atoms with E-state index in [0.29, 0.717) is 17.9 Å². The molecule has 1 saturated heterocycles. The molecule has 2 aromatic carbocycles. The average Bonchev–Trinajstić information content (AvgIpc) is 2.65. The number of nitrogens with one attached hydrogen (secondary N) is 1. The van der Waals surface area contributed by atoms with Gasteiger partial charge in [0.25, 0.3) is 5.91 Å². The highest BCUT2D eigenvalue weighted by molar-refractivity contribution is 5.94. The molecule has 1 N–H and O–H groups in total. The maximum Gasteiger partial charge on any atom is 0.251 e. The van der Waals surface area contributed by atoms with Crippen LogP contribution < -0.4 is 10.1 Å². The van der Waals surface area contributed by atoms with E-state index in [1.54, 1.807) is 6.07 Å². The molecule has 3 rings (SSSR count). The summed E-state index contributed by atoms with van der Waals surface area (Å²) in [5.74, 6) is 1.40. The van der Waals surface area contributed by atoms with Crippen molar-refractivity contribution in [3.63, 3.8) is 0 Å². The molecule has 0 unspecified atom stereocenters. The van der Waals surface area contributed by atoms with Gasteiger partial charge in [0.05, 0.1) is 0 Å². The van der Waals surface area contributed by atoms with E-state index < -0.39 is 0 Å². The first-order chi connectivity index (χ1) is 12.2. The number of hydrogen-bond donors (Lipinski definition) is 1. The number of aryl methyl sites for hydroxylation is 1. The Balaban J connectivity index is 1.52. The molecule has 0 aromatic heterocycles. The number of nitrogens with zero attached hydrogens (tertiary/aromatic N) is 1. The molecule has 4 heteroatoms. The van der Waals surface area contributed by atoms with Gasteiger partial charge in [0.2, 0.25) is 0 Å². The minimum Gasteiger partial charge on any atom is -0.457 e. The number of likely N-dealkylation sites (tertiary alicyclic amines) is 1. The van der Waals surface area contributed by atoms with Crippen LogP contribution in [-0.2, 0) is 0 Å². The highest BCUT2D eigenvalue weighted by atomic mass is 16.5. The third-order valence-corrected chi connectivity index (χ3v) is 4.52. The molecule has 0 aliphatic carbocycles. The Labute approximate surface area is 149 Å². The van der Waals surface area contributed by atoms with Gasteiger partial charge in [-0.3, -0.25) is 4.79 Å². The number of carbonyl (C=O) groups is 1. The largest absolute Gasteiger partial charge is 0.457 e. The molecule has 0 bridgehead atoms. The van der Waals surface area contributed by atoms with Crippen molar-refractivity contribution in [3.8, 4) is 11.5 Å². The summed E-state index contributed by atoms with van der Waals surface area (Å²) in [5.41, 5.74) is 1.82. The molecule has 4 nitrogen and oxygen atoms in total. The minimum atomic E-state index is -0.0497. The second-order valence-electron chi connectivity index (χ2n) is 6.60. The number of carbonyl (C=O) groups excluding carboxylic acids is 1. The lowest BCUT2D eigenvalue weighted by molar-refractivity contribution is 0.0946. The Morgan fingerprint density at radius 2 is 1.80 bits per heavy atom. The second kappa shape index (κ2) is 8.67. The molecular formula is C21H26N2O2. The van der Waals surface area contributed by atoms with E-state index in [0.717, 1.165) is 25.4 Å². The van der Waals surface area contributed by atoms with E-state index in [4.69, 9.17) is 4.74 Å². The monoisotopic (exact) mass is 338 g/mol. The van der Waals surface area contributed by atoms with Gasteiger partial charge in [0.1, 0.15) is 11.5 Å². The minimum absolute atomic E-state index is 0.0497. The van der Waals surface area contributed by atoms with Crippen LogP contribution in [0, 0.1) is 6.92 Å². The Morgan fingerprint density at radius 1 is 1.04 bits per heavy atom. The molecule has 1 aliphatic rings. The molecule has 25 heavy (non-hydrogen) atoms. The summed E-state index contributed by atoms with van der Waals surface area (Å²) < 4.78 is 5.84. The number of piperidine rings is 1. The summed E-state index contributed by atoms with van der Waals surface area (Å²) in [6, 6.07) is 15.2. The van der Waals surface area contributed by atoms with Crippen LogP contribution in [0.3, 0.4) is 0 Å². The van der Waals surface area contributed by atoms with Crippen LogP contribution in [0.1, 0.15) is 35.2 Å². The fourth-order valence-corrected chi connectivity index (χ4v) is 3.06. The lowest BCUT2D eigenvalue weighted by Crippen LogP contribution is -2.37. The van der Waals surface area contributed by atoms with Gasteiger partial charge in [-0.2, -0.15) is 0 Å². The van der Waals surface area contributed by atoms with Gasteiger partial charge in [-0.1, -0.05) is 30.2 Å². The van der Waals surface area contributed by atoms with Crippen LogP contribution in [-0.4, -0.2) is 37.0 Å². The van der Waals surface area contributed by atoms with Crippen LogP contribution in [0.15, 0.2) is 48.5 Å². The van der Waals surface area contributed by atoms with Crippen LogP contribution in [0.4, 0.5) is 0 Å². The number of hydrogen-bond acceptors (Lipinski definition) is 3. The van der Waals surface area contributed by atoms with Gasteiger partial charge in [-0.05, 0) is 63.2 Å². The molecular weight excluding hydrogens is 312 g/mol. The van der Waals surface area contributed by atoms with Crippen LogP contribution in [0.2, 0.25) is 0 Å². The van der Waals surface area contributed by atoms with Crippen LogP contribution in [0.5, 0.6) is 11.5 Å². The zero-order chi connectivity index (χ0) is 17.5. The summed E-state index contributed by atoms with van der Waals surface area (Å²) in [6.07, 6.45) is 3.87. The van der Waals surface area contributed by atoms with Crippen molar-refractivity contribution in [2.24, 2.45) is 0 Å². The van der Waals surface area contributed by atoms with E-state index >= 15 is 0 Å². The maximum atomic E-state index is 12.4. The molecule has 1 amide bonds. The van der Waals surface area contributed by atoms with E-state index in [2.05, 4.69) is 10.2 Å². The SMILES string of the molecule is Cc1ccc(Oc2cccc(C(=O)NCCN3CCCCC3)c2)cc1. The normalized spacial score (nSPS) is 14.9. The quantitative estimate of drug-likeness (QED) is 0.865. The molecule has 2 aromatic rings. The topological polar surface area (TPSA) is 41.6 Å². The number of amides is 1. The molecule has 0 saturated carbocycles. The summed E-state index contributed by atoms with van der Waals surface area (Å²) in [6.45, 7) is 5.94. The van der Waals surface area contributed by atoms with Gasteiger partial charge in [0, 0.05) is 18.7 Å². The predicted molar refractivity (Wildman–Crippen MR) is 100 cm³/mol. The molecule has 0 spiro atoms. The second-order valence-corrected chi connectivity index (χ2v) is 6.60. The highest BCUT2D eigenvalue weighted by Crippen LogP contribution is 2.22. The van der Waals surface area contributed by atoms with Crippen molar-refractivity contribution in [1.29, 1.82) is 0 Å². The molecule has 0 radical (unpaired) electrons. The Kier molecular flexibility index (Phi) is 6.07. The smallest absolute Gasteiger partial charge is 0.251 e. The van der Waals surface area contributed by atoms with E-state index in [1.807, 2.05) is 49.4 Å². The van der Waals surface area contributed by atoms with E-state index in [-0.39, 0.29) is 5.91 Å². The Hall–Kier alpha value is -2.33. The van der Waals surface area contributed by atoms with Crippen molar-refractivity contribution in [2.45, 2.75) is 26.2 Å². The fraction of sp³-hybridized carbons (Fsp3) is 0.381. The molecule has 1 fully saturated rings. The van der Waals surface area contributed by atoms with Gasteiger partial charge < -0.3 is 15.0 Å². The Bertz CT molecular complexity index is 691. The third kappa shape index (κ3) is 5.33. The first-order valence-corrected chi connectivity index (χ1v) is 9.06. The molecule has 132 valence electrons. The van der Waals surface area contributed by atoms with Crippen molar-refractivity contribution >= 4 is 5.91 Å². The number of benzene rings is 2. The average molecular weight is 338 g/mol. The first-order valence-electron chi connectivity index (χ1n) is 9.06. The van der Waals surface area contributed by atoms with Gasteiger partial charge in [-0.25, -0.2) is 0 Å². The van der Waals surface area contributed by atoms with Crippen LogP contribution >= 0.6 is 0 Å². The third-order valence-electron chi connectivity index (χ3n) is 4.52. The first kappa shape index (κ1) is 17.5. The molecule has 0 atom stereocenters.